The van der Waals surface area contributed by atoms with Crippen LogP contribution in [0.25, 0.3) is 0 Å². The lowest BCUT2D eigenvalue weighted by molar-refractivity contribution is 0.455. The van der Waals surface area contributed by atoms with Crippen LogP contribution in [0.4, 0.5) is 4.39 Å². The van der Waals surface area contributed by atoms with Gasteiger partial charge in [-0.2, -0.15) is 0 Å². The summed E-state index contributed by atoms with van der Waals surface area (Å²) in [6.07, 6.45) is 4.20. The molecule has 0 fully saturated rings. The quantitative estimate of drug-likeness (QED) is 0.481. The van der Waals surface area contributed by atoms with Crippen molar-refractivity contribution < 1.29 is 4.39 Å². The van der Waals surface area contributed by atoms with Crippen molar-refractivity contribution in [3.05, 3.63) is 0 Å². The van der Waals surface area contributed by atoms with E-state index in [1.54, 1.807) is 0 Å². The monoisotopic (exact) mass is 104 g/mol. The molecule has 0 aliphatic rings. The van der Waals surface area contributed by atoms with Crippen molar-refractivity contribution in [1.29, 1.82) is 0 Å². The van der Waals surface area contributed by atoms with Crippen LogP contribution in [-0.2, 0) is 0 Å². The summed E-state index contributed by atoms with van der Waals surface area (Å²) in [6.45, 7) is 1.98. The fraction of sp³-hybridized carbons (Fsp3) is 1.00. The van der Waals surface area contributed by atoms with E-state index in [-0.39, 0.29) is 6.67 Å². The second-order valence-electron chi connectivity index (χ2n) is 1.75. The summed E-state index contributed by atoms with van der Waals surface area (Å²) in [4.78, 5) is 0. The first-order valence-electron chi connectivity index (χ1n) is 2.97. The van der Waals surface area contributed by atoms with E-state index in [1.807, 2.05) is 0 Å². The fourth-order valence-corrected chi connectivity index (χ4v) is 0.521. The summed E-state index contributed by atoms with van der Waals surface area (Å²) < 4.78 is 11.3. The zero-order chi connectivity index (χ0) is 5.54. The molecule has 44 valence electrons. The van der Waals surface area contributed by atoms with Crippen molar-refractivity contribution in [2.75, 3.05) is 6.67 Å². The number of rotatable bonds is 4. The average Bonchev–Trinajstić information content (AvgIpc) is 1.69. The molecule has 0 rings (SSSR count). The molecule has 0 saturated carbocycles. The van der Waals surface area contributed by atoms with Crippen LogP contribution in [0, 0.1) is 0 Å². The van der Waals surface area contributed by atoms with Crippen LogP contribution in [0.15, 0.2) is 0 Å². The van der Waals surface area contributed by atoms with E-state index in [9.17, 15) is 4.39 Å². The third-order valence-corrected chi connectivity index (χ3v) is 0.987. The van der Waals surface area contributed by atoms with E-state index < -0.39 is 0 Å². The summed E-state index contributed by atoms with van der Waals surface area (Å²) in [5, 5.41) is 0. The highest BCUT2D eigenvalue weighted by molar-refractivity contribution is 4.36. The second-order valence-corrected chi connectivity index (χ2v) is 1.75. The van der Waals surface area contributed by atoms with Gasteiger partial charge in [-0.1, -0.05) is 26.2 Å². The van der Waals surface area contributed by atoms with Crippen molar-refractivity contribution in [2.24, 2.45) is 0 Å². The number of unbranched alkanes of at least 4 members (excludes halogenated alkanes) is 3. The molecule has 0 bridgehead atoms. The lowest BCUT2D eigenvalue weighted by Gasteiger charge is -1.89. The van der Waals surface area contributed by atoms with Gasteiger partial charge in [0, 0.05) is 0 Å². The molecule has 0 amide bonds. The Hall–Kier alpha value is -0.0700. The lowest BCUT2D eigenvalue weighted by atomic mass is 10.2. The van der Waals surface area contributed by atoms with Gasteiger partial charge in [-0.15, -0.1) is 0 Å². The van der Waals surface area contributed by atoms with Gasteiger partial charge in [-0.05, 0) is 6.42 Å². The summed E-state index contributed by atoms with van der Waals surface area (Å²) in [5.41, 5.74) is 0. The van der Waals surface area contributed by atoms with E-state index in [0.717, 1.165) is 12.8 Å². The minimum Gasteiger partial charge on any atom is -0.251 e. The van der Waals surface area contributed by atoms with Gasteiger partial charge in [-0.25, -0.2) is 0 Å². The Morgan fingerprint density at radius 2 is 1.86 bits per heavy atom. The van der Waals surface area contributed by atoms with Crippen molar-refractivity contribution in [2.45, 2.75) is 32.6 Å². The molecule has 0 spiro atoms. The van der Waals surface area contributed by atoms with Gasteiger partial charge in [0.25, 0.3) is 0 Å². The Morgan fingerprint density at radius 3 is 2.29 bits per heavy atom. The van der Waals surface area contributed by atoms with E-state index in [4.69, 9.17) is 0 Å². The molecule has 0 unspecified atom stereocenters. The Labute approximate surface area is 44.7 Å². The molecule has 0 nitrogen and oxygen atoms in total. The number of halogens is 1. The van der Waals surface area contributed by atoms with Gasteiger partial charge in [0.1, 0.15) is 0 Å². The summed E-state index contributed by atoms with van der Waals surface area (Å²) in [6, 6.07) is 0. The SMILES string of the molecule is CCCCCCF. The second kappa shape index (κ2) is 5.93. The van der Waals surface area contributed by atoms with Gasteiger partial charge in [0.05, 0.1) is 6.67 Å². The summed E-state index contributed by atoms with van der Waals surface area (Å²) >= 11 is 0. The normalized spacial score (nSPS) is 9.43. The molecular formula is C6H13F. The maximum absolute atomic E-state index is 11.3. The number of hydrogen-bond acceptors (Lipinski definition) is 0. The first-order valence-corrected chi connectivity index (χ1v) is 2.97. The summed E-state index contributed by atoms with van der Waals surface area (Å²) in [7, 11) is 0. The van der Waals surface area contributed by atoms with Gasteiger partial charge < -0.3 is 0 Å². The smallest absolute Gasteiger partial charge is 0.0894 e. The van der Waals surface area contributed by atoms with Gasteiger partial charge >= 0.3 is 0 Å². The van der Waals surface area contributed by atoms with Crippen LogP contribution in [0.2, 0.25) is 0 Å². The maximum atomic E-state index is 11.3. The van der Waals surface area contributed by atoms with Crippen molar-refractivity contribution in [3.8, 4) is 0 Å². The van der Waals surface area contributed by atoms with E-state index in [1.165, 1.54) is 12.8 Å². The minimum atomic E-state index is -0.139. The van der Waals surface area contributed by atoms with E-state index in [2.05, 4.69) is 6.92 Å². The molecule has 0 aromatic carbocycles. The Morgan fingerprint density at radius 1 is 1.14 bits per heavy atom. The predicted octanol–water partition coefficient (Wildman–Crippen LogP) is 2.54. The Kier molecular flexibility index (Phi) is 5.87. The first-order chi connectivity index (χ1) is 3.41. The molecule has 0 atom stereocenters. The zero-order valence-electron chi connectivity index (χ0n) is 4.91. The topological polar surface area (TPSA) is 0 Å². The third kappa shape index (κ3) is 5.93. The first kappa shape index (κ1) is 6.93. The van der Waals surface area contributed by atoms with Gasteiger partial charge in [0.2, 0.25) is 0 Å². The highest BCUT2D eigenvalue weighted by Gasteiger charge is 1.82. The molecule has 0 aliphatic carbocycles. The average molecular weight is 104 g/mol. The van der Waals surface area contributed by atoms with Gasteiger partial charge in [0.15, 0.2) is 0 Å². The molecule has 0 radical (unpaired) electrons. The highest BCUT2D eigenvalue weighted by Crippen LogP contribution is 1.97. The molecule has 0 aromatic heterocycles. The molecule has 7 heavy (non-hydrogen) atoms. The van der Waals surface area contributed by atoms with Crippen LogP contribution < -0.4 is 0 Å². The summed E-state index contributed by atoms with van der Waals surface area (Å²) in [5.74, 6) is 0. The standard InChI is InChI=1S/C6H13F/c1-2-3-4-5-6-7/h2-6H2,1H3. The molecule has 0 aliphatic heterocycles. The number of alkyl halides is 1. The van der Waals surface area contributed by atoms with Crippen molar-refractivity contribution >= 4 is 0 Å². The zero-order valence-corrected chi connectivity index (χ0v) is 4.91. The lowest BCUT2D eigenvalue weighted by Crippen LogP contribution is -1.75. The third-order valence-electron chi connectivity index (χ3n) is 0.987. The van der Waals surface area contributed by atoms with E-state index in [0.29, 0.717) is 0 Å². The molecule has 0 heterocycles. The highest BCUT2D eigenvalue weighted by atomic mass is 19.1. The minimum absolute atomic E-state index is 0.139. The Balaban J connectivity index is 2.45. The fourth-order valence-electron chi connectivity index (χ4n) is 0.521. The van der Waals surface area contributed by atoms with Crippen LogP contribution in [0.1, 0.15) is 32.6 Å². The molecule has 0 saturated heterocycles. The maximum Gasteiger partial charge on any atom is 0.0894 e. The van der Waals surface area contributed by atoms with Crippen LogP contribution in [-0.4, -0.2) is 6.67 Å². The molecular weight excluding hydrogens is 91.1 g/mol. The van der Waals surface area contributed by atoms with Crippen molar-refractivity contribution in [3.63, 3.8) is 0 Å². The Bertz CT molecular complexity index is 23.4. The van der Waals surface area contributed by atoms with E-state index >= 15 is 0 Å². The molecule has 1 heteroatoms. The number of hydrogen-bond donors (Lipinski definition) is 0. The van der Waals surface area contributed by atoms with Crippen LogP contribution in [0.5, 0.6) is 0 Å². The van der Waals surface area contributed by atoms with Crippen LogP contribution in [0.3, 0.4) is 0 Å². The molecule has 0 aromatic rings. The van der Waals surface area contributed by atoms with Crippen molar-refractivity contribution in [1.82, 2.24) is 0 Å². The molecule has 0 N–H and O–H groups in total. The van der Waals surface area contributed by atoms with Crippen LogP contribution >= 0.6 is 0 Å². The largest absolute Gasteiger partial charge is 0.251 e. The predicted molar refractivity (Wildman–Crippen MR) is 30.1 cm³/mol. The van der Waals surface area contributed by atoms with Gasteiger partial charge in [-0.3, -0.25) is 4.39 Å².